The van der Waals surface area contributed by atoms with Gasteiger partial charge in [-0.1, -0.05) is 24.6 Å². The van der Waals surface area contributed by atoms with Gasteiger partial charge >= 0.3 is 0 Å². The lowest BCUT2D eigenvalue weighted by atomic mass is 10.1. The fourth-order valence-corrected chi connectivity index (χ4v) is 3.48. The fourth-order valence-electron chi connectivity index (χ4n) is 2.25. The Morgan fingerprint density at radius 1 is 1.41 bits per heavy atom. The molecule has 3 N–H and O–H groups in total. The zero-order valence-corrected chi connectivity index (χ0v) is 11.2. The van der Waals surface area contributed by atoms with Crippen molar-refractivity contribution in [3.8, 4) is 0 Å². The lowest BCUT2D eigenvalue weighted by Crippen LogP contribution is -2.27. The van der Waals surface area contributed by atoms with Crippen LogP contribution in [0.2, 0.25) is 0 Å². The van der Waals surface area contributed by atoms with Gasteiger partial charge in [-0.25, -0.2) is 0 Å². The van der Waals surface area contributed by atoms with Crippen LogP contribution in [-0.4, -0.2) is 31.2 Å². The topological polar surface area (TPSA) is 77.0 Å². The largest absolute Gasteiger partial charge is 0.389 e. The summed E-state index contributed by atoms with van der Waals surface area (Å²) in [7, 11) is 0. The van der Waals surface area contributed by atoms with Crippen molar-refractivity contribution in [1.29, 1.82) is 0 Å². The summed E-state index contributed by atoms with van der Waals surface area (Å²) in [6.07, 6.45) is 4.03. The van der Waals surface area contributed by atoms with E-state index < -0.39 is 5.60 Å². The van der Waals surface area contributed by atoms with Gasteiger partial charge < -0.3 is 10.8 Å². The average molecular weight is 256 g/mol. The van der Waals surface area contributed by atoms with Gasteiger partial charge in [0.2, 0.25) is 5.95 Å². The summed E-state index contributed by atoms with van der Waals surface area (Å²) in [6, 6.07) is 0.241. The van der Waals surface area contributed by atoms with E-state index in [4.69, 9.17) is 5.73 Å². The molecule has 1 saturated carbocycles. The highest BCUT2D eigenvalue weighted by Gasteiger charge is 2.31. The molecule has 1 aromatic heterocycles. The number of anilines is 1. The standard InChI is InChI=1S/C11H20N4OS/c1-8(2)15-9(12)13-14-10(15)17-7-11(16)5-3-4-6-11/h8,16H,3-7H2,1-2H3,(H2,12,13). The van der Waals surface area contributed by atoms with Crippen LogP contribution in [0.1, 0.15) is 45.6 Å². The van der Waals surface area contributed by atoms with Gasteiger partial charge in [0.1, 0.15) is 0 Å². The highest BCUT2D eigenvalue weighted by atomic mass is 32.2. The van der Waals surface area contributed by atoms with Gasteiger partial charge in [-0.05, 0) is 26.7 Å². The molecular formula is C11H20N4OS. The van der Waals surface area contributed by atoms with E-state index in [1.807, 2.05) is 18.4 Å². The molecule has 2 rings (SSSR count). The molecule has 0 aliphatic heterocycles. The van der Waals surface area contributed by atoms with Gasteiger partial charge in [0.05, 0.1) is 5.60 Å². The molecule has 0 bridgehead atoms. The van der Waals surface area contributed by atoms with Crippen LogP contribution in [0.3, 0.4) is 0 Å². The van der Waals surface area contributed by atoms with Crippen molar-refractivity contribution in [2.45, 2.75) is 56.3 Å². The molecule has 5 nitrogen and oxygen atoms in total. The number of thioether (sulfide) groups is 1. The quantitative estimate of drug-likeness (QED) is 0.804. The van der Waals surface area contributed by atoms with Gasteiger partial charge in [0.15, 0.2) is 5.16 Å². The third kappa shape index (κ3) is 2.74. The Kier molecular flexibility index (Phi) is 3.63. The van der Waals surface area contributed by atoms with Crippen molar-refractivity contribution in [3.63, 3.8) is 0 Å². The summed E-state index contributed by atoms with van der Waals surface area (Å²) in [5, 5.41) is 19.0. The molecule has 0 atom stereocenters. The third-order valence-corrected chi connectivity index (χ3v) is 4.43. The lowest BCUT2D eigenvalue weighted by Gasteiger charge is -2.21. The number of nitrogens with zero attached hydrogens (tertiary/aromatic N) is 3. The summed E-state index contributed by atoms with van der Waals surface area (Å²) in [5.74, 6) is 1.12. The number of rotatable bonds is 4. The highest BCUT2D eigenvalue weighted by Crippen LogP contribution is 2.35. The Morgan fingerprint density at radius 3 is 2.65 bits per heavy atom. The summed E-state index contributed by atoms with van der Waals surface area (Å²) < 4.78 is 1.91. The SMILES string of the molecule is CC(C)n1c(N)nnc1SCC1(O)CCCC1. The molecule has 0 unspecified atom stereocenters. The normalized spacial score (nSPS) is 19.1. The minimum absolute atomic E-state index is 0.241. The summed E-state index contributed by atoms with van der Waals surface area (Å²) in [6.45, 7) is 4.10. The molecule has 1 aromatic rings. The Hall–Kier alpha value is -0.750. The zero-order chi connectivity index (χ0) is 12.5. The van der Waals surface area contributed by atoms with E-state index in [-0.39, 0.29) is 6.04 Å². The van der Waals surface area contributed by atoms with E-state index in [1.54, 1.807) is 11.8 Å². The van der Waals surface area contributed by atoms with Crippen molar-refractivity contribution in [2.24, 2.45) is 0 Å². The van der Waals surface area contributed by atoms with Crippen molar-refractivity contribution < 1.29 is 5.11 Å². The molecule has 0 radical (unpaired) electrons. The number of aromatic nitrogens is 3. The molecule has 6 heteroatoms. The van der Waals surface area contributed by atoms with Gasteiger partial charge in [-0.2, -0.15) is 0 Å². The first-order valence-electron chi connectivity index (χ1n) is 6.07. The second-order valence-electron chi connectivity index (χ2n) is 5.02. The van der Waals surface area contributed by atoms with Crippen LogP contribution in [0.25, 0.3) is 0 Å². The first kappa shape index (κ1) is 12.7. The van der Waals surface area contributed by atoms with E-state index >= 15 is 0 Å². The third-order valence-electron chi connectivity index (χ3n) is 3.21. The van der Waals surface area contributed by atoms with Crippen molar-refractivity contribution in [2.75, 3.05) is 11.5 Å². The molecule has 0 saturated heterocycles. The first-order valence-corrected chi connectivity index (χ1v) is 7.06. The van der Waals surface area contributed by atoms with Crippen LogP contribution in [0.4, 0.5) is 5.95 Å². The monoisotopic (exact) mass is 256 g/mol. The number of hydrogen-bond acceptors (Lipinski definition) is 5. The predicted molar refractivity (Wildman–Crippen MR) is 69.0 cm³/mol. The van der Waals surface area contributed by atoms with Gasteiger partial charge in [-0.15, -0.1) is 10.2 Å². The molecule has 1 aliphatic rings. The van der Waals surface area contributed by atoms with Crippen LogP contribution in [0.15, 0.2) is 5.16 Å². The van der Waals surface area contributed by atoms with E-state index in [0.717, 1.165) is 30.8 Å². The van der Waals surface area contributed by atoms with E-state index in [2.05, 4.69) is 10.2 Å². The van der Waals surface area contributed by atoms with Crippen LogP contribution in [-0.2, 0) is 0 Å². The van der Waals surface area contributed by atoms with E-state index in [0.29, 0.717) is 11.7 Å². The van der Waals surface area contributed by atoms with Crippen LogP contribution >= 0.6 is 11.8 Å². The van der Waals surface area contributed by atoms with Gasteiger partial charge in [-0.3, -0.25) is 4.57 Å². The first-order chi connectivity index (χ1) is 8.02. The average Bonchev–Trinajstić information content (AvgIpc) is 2.83. The molecule has 0 aromatic carbocycles. The Balaban J connectivity index is 2.04. The Labute approximate surface area is 106 Å². The molecule has 0 amide bonds. The minimum Gasteiger partial charge on any atom is -0.389 e. The summed E-state index contributed by atoms with van der Waals surface area (Å²) in [5.41, 5.74) is 5.25. The van der Waals surface area contributed by atoms with E-state index in [1.165, 1.54) is 0 Å². The number of aliphatic hydroxyl groups is 1. The van der Waals surface area contributed by atoms with Gasteiger partial charge in [0.25, 0.3) is 0 Å². The maximum absolute atomic E-state index is 10.3. The van der Waals surface area contributed by atoms with Gasteiger partial charge in [0, 0.05) is 11.8 Å². The number of nitrogens with two attached hydrogens (primary N) is 1. The van der Waals surface area contributed by atoms with Crippen LogP contribution in [0.5, 0.6) is 0 Å². The molecule has 1 fully saturated rings. The zero-order valence-electron chi connectivity index (χ0n) is 10.4. The molecular weight excluding hydrogens is 236 g/mol. The van der Waals surface area contributed by atoms with Crippen LogP contribution < -0.4 is 5.73 Å². The predicted octanol–water partition coefficient (Wildman–Crippen LogP) is 1.84. The lowest BCUT2D eigenvalue weighted by molar-refractivity contribution is 0.0731. The maximum atomic E-state index is 10.3. The molecule has 17 heavy (non-hydrogen) atoms. The molecule has 1 heterocycles. The molecule has 0 spiro atoms. The highest BCUT2D eigenvalue weighted by molar-refractivity contribution is 7.99. The smallest absolute Gasteiger partial charge is 0.222 e. The number of nitrogen functional groups attached to an aromatic ring is 1. The van der Waals surface area contributed by atoms with Crippen molar-refractivity contribution in [3.05, 3.63) is 0 Å². The Morgan fingerprint density at radius 2 is 2.06 bits per heavy atom. The van der Waals surface area contributed by atoms with Crippen molar-refractivity contribution in [1.82, 2.24) is 14.8 Å². The fraction of sp³-hybridized carbons (Fsp3) is 0.818. The maximum Gasteiger partial charge on any atom is 0.222 e. The second-order valence-corrected chi connectivity index (χ2v) is 5.97. The van der Waals surface area contributed by atoms with E-state index in [9.17, 15) is 5.11 Å². The number of hydrogen-bond donors (Lipinski definition) is 2. The summed E-state index contributed by atoms with van der Waals surface area (Å²) in [4.78, 5) is 0. The summed E-state index contributed by atoms with van der Waals surface area (Å²) >= 11 is 1.55. The molecule has 1 aliphatic carbocycles. The van der Waals surface area contributed by atoms with Crippen LogP contribution in [0, 0.1) is 0 Å². The van der Waals surface area contributed by atoms with Crippen molar-refractivity contribution >= 4 is 17.7 Å². The Bertz CT molecular complexity index is 385. The molecule has 96 valence electrons. The minimum atomic E-state index is -0.521. The second kappa shape index (κ2) is 4.86.